The Morgan fingerprint density at radius 1 is 1.17 bits per heavy atom. The Morgan fingerprint density at radius 3 is 2.56 bits per heavy atom. The monoisotopic (exact) mass is 672 g/mol. The normalized spacial score (nSPS) is 14.5. The maximum Gasteiger partial charge on any atom is 0.312 e. The maximum atomic E-state index is 15.3. The first kappa shape index (κ1) is 34.6. The third-order valence-corrected chi connectivity index (χ3v) is 9.27. The molecule has 0 saturated carbocycles. The van der Waals surface area contributed by atoms with E-state index < -0.39 is 23.2 Å². The lowest BCUT2D eigenvalue weighted by atomic mass is 9.80. The number of benzene rings is 3. The highest BCUT2D eigenvalue weighted by Gasteiger charge is 2.41. The molecule has 0 amide bonds. The van der Waals surface area contributed by atoms with Crippen molar-refractivity contribution in [2.75, 3.05) is 26.8 Å². The summed E-state index contributed by atoms with van der Waals surface area (Å²) in [4.78, 5) is 18.9. The third kappa shape index (κ3) is 8.05. The summed E-state index contributed by atoms with van der Waals surface area (Å²) in [5.74, 6) is -1.84. The fourth-order valence-corrected chi connectivity index (χ4v) is 6.77. The first-order valence-electron chi connectivity index (χ1n) is 15.6. The zero-order valence-electron chi connectivity index (χ0n) is 27.3. The number of rotatable bonds is 13. The molecular weight excluding hydrogens is 634 g/mol. The summed E-state index contributed by atoms with van der Waals surface area (Å²) < 4.78 is 34.8. The number of aliphatic hydroxyl groups is 1. The number of β-amino-alcohol motifs (C(OH)–C–C–N with tert-alkyl or cyclic N) is 1. The fourth-order valence-electron chi connectivity index (χ4n) is 5.84. The quantitative estimate of drug-likeness (QED) is 0.134. The third-order valence-electron chi connectivity index (χ3n) is 8.40. The fraction of sp³-hybridized carbons (Fsp3) is 0.333. The van der Waals surface area contributed by atoms with Gasteiger partial charge in [0.1, 0.15) is 36.0 Å². The summed E-state index contributed by atoms with van der Waals surface area (Å²) in [6.45, 7) is 6.95. The number of carbonyl (C=O) groups excluding carboxylic acids is 1. The van der Waals surface area contributed by atoms with Gasteiger partial charge in [-0.1, -0.05) is 37.3 Å². The lowest BCUT2D eigenvalue weighted by molar-refractivity contribution is -0.134. The number of hydrazone groups is 1. The van der Waals surface area contributed by atoms with Gasteiger partial charge in [0.15, 0.2) is 0 Å². The predicted octanol–water partition coefficient (Wildman–Crippen LogP) is 5.88. The number of ether oxygens (including phenoxy) is 1. The summed E-state index contributed by atoms with van der Waals surface area (Å²) >= 11 is 1.43. The van der Waals surface area contributed by atoms with E-state index in [1.165, 1.54) is 17.4 Å². The Labute approximate surface area is 283 Å². The highest BCUT2D eigenvalue weighted by Crippen LogP contribution is 2.37. The van der Waals surface area contributed by atoms with E-state index >= 15 is 4.39 Å². The van der Waals surface area contributed by atoms with Gasteiger partial charge in [0, 0.05) is 42.1 Å². The second-order valence-corrected chi connectivity index (χ2v) is 13.1. The molecule has 0 fully saturated rings. The summed E-state index contributed by atoms with van der Waals surface area (Å²) in [6.07, 6.45) is 2.28. The molecule has 2 N–H and O–H groups in total. The zero-order valence-corrected chi connectivity index (χ0v) is 28.2. The van der Waals surface area contributed by atoms with Gasteiger partial charge in [-0.3, -0.25) is 9.80 Å². The molecule has 0 unspecified atom stereocenters. The summed E-state index contributed by atoms with van der Waals surface area (Å²) in [5, 5.41) is 33.1. The Morgan fingerprint density at radius 2 is 1.90 bits per heavy atom. The number of carbonyl (C=O) groups is 1. The van der Waals surface area contributed by atoms with E-state index in [4.69, 9.17) is 15.0 Å². The molecule has 1 aliphatic heterocycles. The van der Waals surface area contributed by atoms with Crippen LogP contribution < -0.4 is 10.1 Å². The Hall–Kier alpha value is -4.70. The van der Waals surface area contributed by atoms with Gasteiger partial charge in [0.05, 0.1) is 35.3 Å². The molecule has 12 heteroatoms. The second kappa shape index (κ2) is 15.0. The van der Waals surface area contributed by atoms with Crippen LogP contribution in [0.15, 0.2) is 65.1 Å². The van der Waals surface area contributed by atoms with E-state index in [9.17, 15) is 14.3 Å². The summed E-state index contributed by atoms with van der Waals surface area (Å²) in [5.41, 5.74) is 3.08. The van der Waals surface area contributed by atoms with Crippen LogP contribution in [0, 0.1) is 42.7 Å². The van der Waals surface area contributed by atoms with Gasteiger partial charge < -0.3 is 20.1 Å². The Kier molecular flexibility index (Phi) is 10.8. The smallest absolute Gasteiger partial charge is 0.312 e. The minimum absolute atomic E-state index is 0.0139. The second-order valence-electron chi connectivity index (χ2n) is 12.1. The maximum absolute atomic E-state index is 15.3. The number of nitrogens with zero attached hydrogens (tertiary/aromatic N) is 5. The number of nitrogens with one attached hydrogen (secondary N) is 1. The van der Waals surface area contributed by atoms with E-state index in [1.54, 1.807) is 30.5 Å². The Bertz CT molecular complexity index is 1820. The van der Waals surface area contributed by atoms with Gasteiger partial charge in [-0.2, -0.15) is 10.4 Å². The van der Waals surface area contributed by atoms with Crippen LogP contribution in [-0.2, 0) is 23.4 Å². The van der Waals surface area contributed by atoms with Crippen molar-refractivity contribution in [1.82, 2.24) is 20.2 Å². The minimum atomic E-state index is -1.74. The van der Waals surface area contributed by atoms with E-state index in [0.717, 1.165) is 45.1 Å². The van der Waals surface area contributed by atoms with Gasteiger partial charge in [-0.15, -0.1) is 11.3 Å². The molecule has 0 radical (unpaired) electrons. The van der Waals surface area contributed by atoms with Gasteiger partial charge >= 0.3 is 5.97 Å². The van der Waals surface area contributed by atoms with E-state index in [0.29, 0.717) is 37.5 Å². The van der Waals surface area contributed by atoms with Crippen molar-refractivity contribution in [2.24, 2.45) is 11.0 Å². The molecule has 1 aliphatic rings. The van der Waals surface area contributed by atoms with Crippen LogP contribution in [0.5, 0.6) is 5.75 Å². The lowest BCUT2D eigenvalue weighted by Gasteiger charge is -2.37. The number of esters is 1. The van der Waals surface area contributed by atoms with Crippen LogP contribution in [0.4, 0.5) is 8.78 Å². The molecule has 250 valence electrons. The lowest BCUT2D eigenvalue weighted by Crippen LogP contribution is -2.45. The van der Waals surface area contributed by atoms with E-state index in [-0.39, 0.29) is 24.5 Å². The summed E-state index contributed by atoms with van der Waals surface area (Å²) in [6, 6.07) is 16.4. The van der Waals surface area contributed by atoms with Gasteiger partial charge in [0.2, 0.25) is 0 Å². The first-order chi connectivity index (χ1) is 23.0. The molecule has 0 bridgehead atoms. The van der Waals surface area contributed by atoms with Crippen molar-refractivity contribution in [2.45, 2.75) is 45.8 Å². The molecule has 0 saturated heterocycles. The SMILES string of the molecule is CNCCC(=O)Oc1c(C)cc(CN2C=NN(C[C@](O)(c3ccc(F)cc3F)[C@H](C)Cc3nc(-c4ccc(C#N)cc4)cs3)C2)cc1C. The van der Waals surface area contributed by atoms with Crippen LogP contribution in [0.1, 0.15) is 46.2 Å². The average molecular weight is 673 g/mol. The minimum Gasteiger partial charge on any atom is -0.426 e. The highest BCUT2D eigenvalue weighted by atomic mass is 32.1. The largest absolute Gasteiger partial charge is 0.426 e. The number of aromatic nitrogens is 1. The van der Waals surface area contributed by atoms with Crippen LogP contribution in [-0.4, -0.2) is 59.1 Å². The molecule has 0 aliphatic carbocycles. The predicted molar refractivity (Wildman–Crippen MR) is 181 cm³/mol. The number of thiazole rings is 1. The number of aryl methyl sites for hydroxylation is 2. The molecular formula is C36H38F2N6O3S. The van der Waals surface area contributed by atoms with Crippen LogP contribution in [0.2, 0.25) is 0 Å². The molecule has 2 heterocycles. The van der Waals surface area contributed by atoms with Crippen molar-refractivity contribution in [3.8, 4) is 23.1 Å². The van der Waals surface area contributed by atoms with E-state index in [2.05, 4.69) is 16.5 Å². The number of hydrogen-bond acceptors (Lipinski definition) is 10. The molecule has 4 aromatic rings. The average Bonchev–Trinajstić information content (AvgIpc) is 3.71. The van der Waals surface area contributed by atoms with Gasteiger partial charge in [0.25, 0.3) is 0 Å². The molecule has 48 heavy (non-hydrogen) atoms. The van der Waals surface area contributed by atoms with Gasteiger partial charge in [-0.05, 0) is 61.7 Å². The Balaban J connectivity index is 1.30. The zero-order chi connectivity index (χ0) is 34.4. The molecule has 9 nitrogen and oxygen atoms in total. The van der Waals surface area contributed by atoms with Crippen LogP contribution >= 0.6 is 11.3 Å². The van der Waals surface area contributed by atoms with Crippen molar-refractivity contribution >= 4 is 23.6 Å². The molecule has 5 rings (SSSR count). The topological polar surface area (TPSA) is 114 Å². The summed E-state index contributed by atoms with van der Waals surface area (Å²) in [7, 11) is 1.78. The number of halogens is 2. The van der Waals surface area contributed by atoms with E-state index in [1.807, 2.05) is 55.3 Å². The van der Waals surface area contributed by atoms with Gasteiger partial charge in [-0.25, -0.2) is 13.8 Å². The number of hydrogen-bond donors (Lipinski definition) is 2. The van der Waals surface area contributed by atoms with Crippen molar-refractivity contribution < 1.29 is 23.4 Å². The van der Waals surface area contributed by atoms with Crippen molar-refractivity contribution in [1.29, 1.82) is 5.26 Å². The number of nitriles is 1. The van der Waals surface area contributed by atoms with Crippen LogP contribution in [0.25, 0.3) is 11.3 Å². The van der Waals surface area contributed by atoms with Crippen LogP contribution in [0.3, 0.4) is 0 Å². The molecule has 3 aromatic carbocycles. The highest BCUT2D eigenvalue weighted by molar-refractivity contribution is 7.09. The molecule has 2 atom stereocenters. The standard InChI is InChI=1S/C36H38F2N6O3S/c1-23-13-27(14-24(2)35(23)47-34(45)11-12-40-4)18-43-21-41-44(22-43)20-36(46,30-10-9-29(37)16-31(30)38)25(3)15-33-42-32(19-48-33)28-7-5-26(17-39)6-8-28/h5-10,13-14,16,19,21,25,40,46H,11-12,15,18,20,22H2,1-4H3/t25-,36-/m1/s1. The van der Waals surface area contributed by atoms with Crippen molar-refractivity contribution in [3.05, 3.63) is 104 Å². The molecule has 1 aromatic heterocycles. The van der Waals surface area contributed by atoms with Crippen molar-refractivity contribution in [3.63, 3.8) is 0 Å². The molecule has 0 spiro atoms. The first-order valence-corrected chi connectivity index (χ1v) is 16.5.